The van der Waals surface area contributed by atoms with Crippen LogP contribution >= 0.6 is 0 Å². The molecule has 1 aliphatic carbocycles. The maximum atomic E-state index is 14.7. The maximum Gasteiger partial charge on any atom is 0.264 e. The molecule has 8 nitrogen and oxygen atoms in total. The molecule has 10 heteroatoms. The SMILES string of the molecule is COc1ccc(C)cc1N(CC(=O)N(Cc1ccc(F)cc1)[C@@H](Cc1ccccc1)C(=O)NC1CCCC1)S(=O)(=O)c1ccccc1. The largest absolute Gasteiger partial charge is 0.495 e. The molecule has 0 aliphatic heterocycles. The van der Waals surface area contributed by atoms with Gasteiger partial charge < -0.3 is 15.0 Å². The van der Waals surface area contributed by atoms with Crippen LogP contribution in [0.25, 0.3) is 0 Å². The van der Waals surface area contributed by atoms with E-state index >= 15 is 0 Å². The van der Waals surface area contributed by atoms with Crippen molar-refractivity contribution in [3.8, 4) is 5.75 Å². The number of hydrogen-bond donors (Lipinski definition) is 1. The quantitative estimate of drug-likeness (QED) is 0.189. The van der Waals surface area contributed by atoms with Crippen molar-refractivity contribution in [1.82, 2.24) is 10.2 Å². The van der Waals surface area contributed by atoms with Gasteiger partial charge in [-0.3, -0.25) is 13.9 Å². The molecule has 1 saturated carbocycles. The zero-order chi connectivity index (χ0) is 33.4. The van der Waals surface area contributed by atoms with Crippen molar-refractivity contribution in [3.63, 3.8) is 0 Å². The van der Waals surface area contributed by atoms with Gasteiger partial charge in [-0.1, -0.05) is 79.6 Å². The zero-order valence-electron chi connectivity index (χ0n) is 26.6. The second-order valence-corrected chi connectivity index (χ2v) is 13.7. The molecule has 5 rings (SSSR count). The van der Waals surface area contributed by atoms with Crippen LogP contribution in [0.3, 0.4) is 0 Å². The average molecular weight is 658 g/mol. The number of nitrogens with zero attached hydrogens (tertiary/aromatic N) is 2. The van der Waals surface area contributed by atoms with Crippen LogP contribution in [0, 0.1) is 12.7 Å². The number of amides is 2. The first-order chi connectivity index (χ1) is 22.7. The Hall–Kier alpha value is -4.70. The van der Waals surface area contributed by atoms with Crippen molar-refractivity contribution in [3.05, 3.63) is 126 Å². The molecule has 1 atom stereocenters. The molecule has 1 fully saturated rings. The lowest BCUT2D eigenvalue weighted by atomic mass is 10.0. The Labute approximate surface area is 276 Å². The first kappa shape index (κ1) is 33.7. The second kappa shape index (κ2) is 15.3. The number of carbonyl (C=O) groups is 2. The summed E-state index contributed by atoms with van der Waals surface area (Å²) in [7, 11) is -2.84. The molecule has 4 aromatic carbocycles. The molecule has 1 N–H and O–H groups in total. The van der Waals surface area contributed by atoms with E-state index in [0.29, 0.717) is 5.56 Å². The van der Waals surface area contributed by atoms with Crippen LogP contribution in [0.5, 0.6) is 5.75 Å². The van der Waals surface area contributed by atoms with E-state index in [4.69, 9.17) is 4.74 Å². The van der Waals surface area contributed by atoms with E-state index in [1.165, 1.54) is 36.3 Å². The Morgan fingerprint density at radius 2 is 1.53 bits per heavy atom. The summed E-state index contributed by atoms with van der Waals surface area (Å²) in [5.41, 5.74) is 2.39. The van der Waals surface area contributed by atoms with E-state index in [9.17, 15) is 22.4 Å². The standard InChI is InChI=1S/C37H40FN3O5S/c1-27-17-22-35(46-2)33(23-27)41(47(44,45)32-15-7-4-8-16-32)26-36(42)40(25-29-18-20-30(38)21-19-29)34(24-28-11-5-3-6-12-28)37(43)39-31-13-9-10-14-31/h3-8,11-12,15-23,31,34H,9-10,13-14,24-26H2,1-2H3,(H,39,43)/t34-/m0/s1. The number of ether oxygens (including phenoxy) is 1. The van der Waals surface area contributed by atoms with E-state index in [0.717, 1.165) is 41.1 Å². The fourth-order valence-electron chi connectivity index (χ4n) is 5.94. The van der Waals surface area contributed by atoms with Crippen LogP contribution in [0.1, 0.15) is 42.4 Å². The highest BCUT2D eigenvalue weighted by Crippen LogP contribution is 2.34. The minimum absolute atomic E-state index is 0.00116. The third kappa shape index (κ3) is 8.37. The summed E-state index contributed by atoms with van der Waals surface area (Å²) in [6, 6.07) is 27.1. The summed E-state index contributed by atoms with van der Waals surface area (Å²) in [6.45, 7) is 1.17. The first-order valence-electron chi connectivity index (χ1n) is 15.8. The maximum absolute atomic E-state index is 14.7. The van der Waals surface area contributed by atoms with E-state index in [2.05, 4.69) is 5.32 Å². The van der Waals surface area contributed by atoms with Crippen LogP contribution in [0.2, 0.25) is 0 Å². The normalized spacial score (nSPS) is 13.9. The molecule has 1 aliphatic rings. The molecule has 0 heterocycles. The predicted molar refractivity (Wildman–Crippen MR) is 180 cm³/mol. The number of nitrogens with one attached hydrogen (secondary N) is 1. The Bertz CT molecular complexity index is 1760. The highest BCUT2D eigenvalue weighted by Gasteiger charge is 2.36. The van der Waals surface area contributed by atoms with Crippen LogP contribution < -0.4 is 14.4 Å². The number of aryl methyl sites for hydroxylation is 1. The van der Waals surface area contributed by atoms with Crippen molar-refractivity contribution < 1.29 is 27.1 Å². The van der Waals surface area contributed by atoms with Crippen LogP contribution in [-0.2, 0) is 32.6 Å². The topological polar surface area (TPSA) is 96.0 Å². The number of rotatable bonds is 13. The number of halogens is 1. The van der Waals surface area contributed by atoms with Crippen LogP contribution in [0.4, 0.5) is 10.1 Å². The molecule has 4 aromatic rings. The van der Waals surface area contributed by atoms with E-state index < -0.39 is 34.3 Å². The number of hydrogen-bond acceptors (Lipinski definition) is 5. The van der Waals surface area contributed by atoms with Gasteiger partial charge in [0.25, 0.3) is 10.0 Å². The highest BCUT2D eigenvalue weighted by atomic mass is 32.2. The van der Waals surface area contributed by atoms with Gasteiger partial charge in [-0.25, -0.2) is 12.8 Å². The van der Waals surface area contributed by atoms with Gasteiger partial charge in [0.15, 0.2) is 0 Å². The number of benzene rings is 4. The summed E-state index contributed by atoms with van der Waals surface area (Å²) >= 11 is 0. The Morgan fingerprint density at radius 1 is 0.894 bits per heavy atom. The van der Waals surface area contributed by atoms with Crippen molar-refractivity contribution in [2.24, 2.45) is 0 Å². The number of methoxy groups -OCH3 is 1. The molecule has 0 spiro atoms. The Morgan fingerprint density at radius 3 is 2.17 bits per heavy atom. The predicted octanol–water partition coefficient (Wildman–Crippen LogP) is 6.04. The Kier molecular flexibility index (Phi) is 10.9. The summed E-state index contributed by atoms with van der Waals surface area (Å²) in [5.74, 6) is -1.08. The highest BCUT2D eigenvalue weighted by molar-refractivity contribution is 7.92. The number of carbonyl (C=O) groups excluding carboxylic acids is 2. The second-order valence-electron chi connectivity index (χ2n) is 11.8. The smallest absolute Gasteiger partial charge is 0.264 e. The van der Waals surface area contributed by atoms with Crippen molar-refractivity contribution in [1.29, 1.82) is 0 Å². The lowest BCUT2D eigenvalue weighted by Crippen LogP contribution is -2.54. The molecule has 47 heavy (non-hydrogen) atoms. The summed E-state index contributed by atoms with van der Waals surface area (Å²) < 4.78 is 49.1. The molecule has 0 aromatic heterocycles. The summed E-state index contributed by atoms with van der Waals surface area (Å²) in [5, 5.41) is 3.15. The molecule has 0 saturated heterocycles. The van der Waals surface area contributed by atoms with Crippen LogP contribution in [-0.4, -0.2) is 50.9 Å². The van der Waals surface area contributed by atoms with Gasteiger partial charge >= 0.3 is 0 Å². The van der Waals surface area contributed by atoms with Gasteiger partial charge in [0.05, 0.1) is 17.7 Å². The van der Waals surface area contributed by atoms with E-state index in [-0.39, 0.29) is 41.2 Å². The van der Waals surface area contributed by atoms with Crippen molar-refractivity contribution in [2.75, 3.05) is 18.0 Å². The third-order valence-corrected chi connectivity index (χ3v) is 10.2. The molecule has 0 unspecified atom stereocenters. The molecule has 0 radical (unpaired) electrons. The van der Waals surface area contributed by atoms with Gasteiger partial charge in [-0.2, -0.15) is 0 Å². The fraction of sp³-hybridized carbons (Fsp3) is 0.297. The van der Waals surface area contributed by atoms with E-state index in [1.54, 1.807) is 48.5 Å². The third-order valence-electron chi connectivity index (χ3n) is 8.45. The van der Waals surface area contributed by atoms with Crippen molar-refractivity contribution in [2.45, 2.75) is 62.6 Å². The fourth-order valence-corrected chi connectivity index (χ4v) is 7.37. The number of sulfonamides is 1. The van der Waals surface area contributed by atoms with Gasteiger partial charge in [-0.05, 0) is 72.9 Å². The summed E-state index contributed by atoms with van der Waals surface area (Å²) in [4.78, 5) is 30.2. The zero-order valence-corrected chi connectivity index (χ0v) is 27.5. The lowest BCUT2D eigenvalue weighted by Gasteiger charge is -2.34. The molecule has 2 amide bonds. The molecular formula is C37H40FN3O5S. The monoisotopic (exact) mass is 657 g/mol. The van der Waals surface area contributed by atoms with E-state index in [1.807, 2.05) is 37.3 Å². The first-order valence-corrected chi connectivity index (χ1v) is 17.2. The minimum Gasteiger partial charge on any atom is -0.495 e. The average Bonchev–Trinajstić information content (AvgIpc) is 3.59. The molecular weight excluding hydrogens is 617 g/mol. The van der Waals surface area contributed by atoms with Gasteiger partial charge in [-0.15, -0.1) is 0 Å². The van der Waals surface area contributed by atoms with Crippen molar-refractivity contribution >= 4 is 27.5 Å². The number of anilines is 1. The lowest BCUT2D eigenvalue weighted by molar-refractivity contribution is -0.140. The van der Waals surface area contributed by atoms with Gasteiger partial charge in [0, 0.05) is 19.0 Å². The van der Waals surface area contributed by atoms with Gasteiger partial charge in [0.2, 0.25) is 11.8 Å². The molecule has 0 bridgehead atoms. The molecule has 246 valence electrons. The summed E-state index contributed by atoms with van der Waals surface area (Å²) in [6.07, 6.45) is 3.93. The minimum atomic E-state index is -4.28. The Balaban J connectivity index is 1.59. The van der Waals surface area contributed by atoms with Crippen LogP contribution in [0.15, 0.2) is 108 Å². The van der Waals surface area contributed by atoms with Gasteiger partial charge in [0.1, 0.15) is 24.2 Å².